The topological polar surface area (TPSA) is 113 Å². The van der Waals surface area contributed by atoms with Crippen LogP contribution in [0.25, 0.3) is 22.5 Å². The lowest BCUT2D eigenvalue weighted by atomic mass is 10.0. The molecule has 0 atom stereocenters. The second-order valence-corrected chi connectivity index (χ2v) is 11.0. The molecular formula is C28H21Cl4N3O4. The molecule has 2 aromatic heterocycles. The quantitative estimate of drug-likeness (QED) is 0.224. The minimum atomic E-state index is -0.931. The van der Waals surface area contributed by atoms with E-state index in [0.29, 0.717) is 59.8 Å². The van der Waals surface area contributed by atoms with Crippen molar-refractivity contribution in [1.29, 1.82) is 5.26 Å². The summed E-state index contributed by atoms with van der Waals surface area (Å²) in [6, 6.07) is 12.6. The summed E-state index contributed by atoms with van der Waals surface area (Å²) in [6.07, 6.45) is 4.28. The van der Waals surface area contributed by atoms with E-state index in [9.17, 15) is 4.79 Å². The molecule has 4 aromatic rings. The van der Waals surface area contributed by atoms with Gasteiger partial charge in [-0.15, -0.1) is 0 Å². The van der Waals surface area contributed by atoms with Gasteiger partial charge in [0.1, 0.15) is 22.9 Å². The monoisotopic (exact) mass is 603 g/mol. The molecule has 2 aromatic carbocycles. The maximum atomic E-state index is 11.1. The maximum absolute atomic E-state index is 11.1. The van der Waals surface area contributed by atoms with Gasteiger partial charge in [-0.3, -0.25) is 4.79 Å². The summed E-state index contributed by atoms with van der Waals surface area (Å²) < 4.78 is 10.8. The number of hydrogen-bond donors (Lipinski definition) is 1. The van der Waals surface area contributed by atoms with Crippen molar-refractivity contribution in [2.75, 3.05) is 0 Å². The summed E-state index contributed by atoms with van der Waals surface area (Å²) in [5, 5.41) is 28.1. The van der Waals surface area contributed by atoms with Crippen LogP contribution < -0.4 is 0 Å². The van der Waals surface area contributed by atoms with Gasteiger partial charge in [0.2, 0.25) is 0 Å². The van der Waals surface area contributed by atoms with Crippen LogP contribution in [0.5, 0.6) is 0 Å². The molecule has 2 heterocycles. The Balaban J connectivity index is 0.000000158. The van der Waals surface area contributed by atoms with E-state index in [1.165, 1.54) is 0 Å². The Bertz CT molecular complexity index is 1540. The van der Waals surface area contributed by atoms with Gasteiger partial charge in [0.15, 0.2) is 0 Å². The van der Waals surface area contributed by atoms with Crippen LogP contribution >= 0.6 is 46.4 Å². The zero-order chi connectivity index (χ0) is 27.7. The first-order valence-corrected chi connectivity index (χ1v) is 13.8. The van der Waals surface area contributed by atoms with E-state index in [1.807, 2.05) is 0 Å². The molecule has 0 radical (unpaired) electrons. The van der Waals surface area contributed by atoms with E-state index < -0.39 is 5.97 Å². The molecule has 6 rings (SSSR count). The summed E-state index contributed by atoms with van der Waals surface area (Å²) in [4.78, 5) is 11.1. The van der Waals surface area contributed by atoms with E-state index >= 15 is 0 Å². The lowest BCUT2D eigenvalue weighted by Gasteiger charge is -2.05. The zero-order valence-corrected chi connectivity index (χ0v) is 23.4. The van der Waals surface area contributed by atoms with E-state index in [2.05, 4.69) is 16.4 Å². The largest absolute Gasteiger partial charge is 0.481 e. The minimum Gasteiger partial charge on any atom is -0.481 e. The van der Waals surface area contributed by atoms with Crippen LogP contribution in [0, 0.1) is 11.3 Å². The highest BCUT2D eigenvalue weighted by Gasteiger charge is 2.34. The Hall–Kier alpha value is -3.02. The van der Waals surface area contributed by atoms with Gasteiger partial charge in [-0.2, -0.15) is 5.26 Å². The van der Waals surface area contributed by atoms with Crippen molar-refractivity contribution in [3.05, 3.63) is 79.1 Å². The van der Waals surface area contributed by atoms with Gasteiger partial charge in [0.25, 0.3) is 0 Å². The van der Waals surface area contributed by atoms with Crippen molar-refractivity contribution < 1.29 is 18.9 Å². The fourth-order valence-electron chi connectivity index (χ4n) is 4.39. The number of rotatable bonds is 7. The van der Waals surface area contributed by atoms with Crippen LogP contribution in [0.4, 0.5) is 0 Å². The predicted octanol–water partition coefficient (Wildman–Crippen LogP) is 8.74. The van der Waals surface area contributed by atoms with Crippen LogP contribution in [-0.4, -0.2) is 21.4 Å². The summed E-state index contributed by atoms with van der Waals surface area (Å²) in [5.74, 6) is 1.20. The molecule has 0 amide bonds. The number of carboxylic acid groups (broad SMARTS) is 1. The Kier molecular flexibility index (Phi) is 8.20. The first kappa shape index (κ1) is 27.5. The molecule has 2 fully saturated rings. The van der Waals surface area contributed by atoms with Crippen LogP contribution in [0.1, 0.15) is 60.2 Å². The number of aromatic nitrogens is 2. The second kappa shape index (κ2) is 11.6. The number of hydrogen-bond acceptors (Lipinski definition) is 6. The number of carboxylic acids is 1. The van der Waals surface area contributed by atoms with E-state index in [-0.39, 0.29) is 18.8 Å². The van der Waals surface area contributed by atoms with Gasteiger partial charge in [-0.05, 0) is 49.9 Å². The molecule has 0 saturated heterocycles. The van der Waals surface area contributed by atoms with E-state index in [1.54, 1.807) is 36.4 Å². The molecule has 7 nitrogen and oxygen atoms in total. The summed E-state index contributed by atoms with van der Waals surface area (Å²) in [6.45, 7) is 0. The Morgan fingerprint density at radius 3 is 1.62 bits per heavy atom. The van der Waals surface area contributed by atoms with Gasteiger partial charge in [0.05, 0.1) is 39.0 Å². The van der Waals surface area contributed by atoms with Crippen LogP contribution in [0.3, 0.4) is 0 Å². The van der Waals surface area contributed by atoms with Gasteiger partial charge < -0.3 is 14.2 Å². The number of carbonyl (C=O) groups is 1. The Morgan fingerprint density at radius 1 is 0.821 bits per heavy atom. The lowest BCUT2D eigenvalue weighted by Crippen LogP contribution is -2.03. The smallest absolute Gasteiger partial charge is 0.308 e. The van der Waals surface area contributed by atoms with Crippen molar-refractivity contribution in [3.63, 3.8) is 0 Å². The first-order chi connectivity index (χ1) is 18.8. The highest BCUT2D eigenvalue weighted by Crippen LogP contribution is 2.47. The minimum absolute atomic E-state index is 0.147. The molecule has 2 saturated carbocycles. The summed E-state index contributed by atoms with van der Waals surface area (Å²) in [5.41, 5.74) is 3.61. The Morgan fingerprint density at radius 2 is 1.23 bits per heavy atom. The molecule has 0 aliphatic heterocycles. The number of halogens is 4. The molecule has 11 heteroatoms. The fraction of sp³-hybridized carbons (Fsp3) is 0.286. The lowest BCUT2D eigenvalue weighted by molar-refractivity contribution is -0.136. The highest BCUT2D eigenvalue weighted by atomic mass is 35.5. The number of nitriles is 1. The van der Waals surface area contributed by atoms with Gasteiger partial charge in [-0.25, -0.2) is 0 Å². The number of nitrogens with zero attached hydrogens (tertiary/aromatic N) is 3. The molecule has 2 aliphatic carbocycles. The fourth-order valence-corrected chi connectivity index (χ4v) is 5.54. The summed E-state index contributed by atoms with van der Waals surface area (Å²) in [7, 11) is 0. The van der Waals surface area contributed by atoms with E-state index in [0.717, 1.165) is 37.0 Å². The SMILES string of the molecule is N#CCc1c(-c2c(Cl)cccc2Cl)noc1C1CC1.O=C(O)Cc1c(-c2c(Cl)cccc2Cl)noc1C1CC1. The maximum Gasteiger partial charge on any atom is 0.308 e. The average Bonchev–Trinajstić information content (AvgIpc) is 3.82. The third-order valence-electron chi connectivity index (χ3n) is 6.52. The molecule has 0 bridgehead atoms. The van der Waals surface area contributed by atoms with Crippen LogP contribution in [0.15, 0.2) is 45.4 Å². The molecule has 1 N–H and O–H groups in total. The summed E-state index contributed by atoms with van der Waals surface area (Å²) >= 11 is 24.7. The molecule has 2 aliphatic rings. The normalized spacial score (nSPS) is 14.4. The average molecular weight is 605 g/mol. The number of benzene rings is 2. The standard InChI is InChI=1S/C14H10Cl2N2O.C14H11Cl2NO3/c15-10-2-1-3-11(16)12(10)13-9(6-7-17)14(19-18-13)8-4-5-8;15-9-2-1-3-10(16)12(9)13-8(6-11(18)19)14(20-17-13)7-4-5-7/h1-3,8H,4-6H2;1-3,7H,4-6H2,(H,18,19). The second-order valence-electron chi connectivity index (χ2n) is 9.40. The van der Waals surface area contributed by atoms with Crippen LogP contribution in [-0.2, 0) is 17.6 Å². The van der Waals surface area contributed by atoms with Gasteiger partial charge >= 0.3 is 5.97 Å². The molecule has 200 valence electrons. The van der Waals surface area contributed by atoms with E-state index in [4.69, 9.17) is 65.8 Å². The molecular weight excluding hydrogens is 584 g/mol. The third-order valence-corrected chi connectivity index (χ3v) is 7.78. The van der Waals surface area contributed by atoms with Crippen molar-refractivity contribution >= 4 is 52.4 Å². The highest BCUT2D eigenvalue weighted by molar-refractivity contribution is 6.39. The van der Waals surface area contributed by atoms with Gasteiger partial charge in [0, 0.05) is 34.1 Å². The number of aliphatic carboxylic acids is 1. The molecule has 0 unspecified atom stereocenters. The van der Waals surface area contributed by atoms with Crippen molar-refractivity contribution in [1.82, 2.24) is 10.3 Å². The Labute approximate surface area is 244 Å². The predicted molar refractivity (Wildman–Crippen MR) is 149 cm³/mol. The van der Waals surface area contributed by atoms with Crippen molar-refractivity contribution in [2.24, 2.45) is 0 Å². The zero-order valence-electron chi connectivity index (χ0n) is 20.4. The first-order valence-electron chi connectivity index (χ1n) is 12.2. The molecule has 0 spiro atoms. The van der Waals surface area contributed by atoms with Crippen molar-refractivity contribution in [2.45, 2.75) is 50.4 Å². The van der Waals surface area contributed by atoms with Crippen LogP contribution in [0.2, 0.25) is 20.1 Å². The van der Waals surface area contributed by atoms with Gasteiger partial charge in [-0.1, -0.05) is 68.8 Å². The third kappa shape index (κ3) is 5.95. The molecule has 39 heavy (non-hydrogen) atoms. The van der Waals surface area contributed by atoms with Crippen molar-refractivity contribution in [3.8, 4) is 28.6 Å².